The van der Waals surface area contributed by atoms with E-state index in [1.54, 1.807) is 6.92 Å². The number of nitrogens with zero attached hydrogens (tertiary/aromatic N) is 1. The molecule has 0 aliphatic carbocycles. The number of fused-ring (bicyclic) bond motifs is 2. The van der Waals surface area contributed by atoms with Gasteiger partial charge in [0.05, 0.1) is 17.2 Å². The van der Waals surface area contributed by atoms with Gasteiger partial charge in [0.25, 0.3) is 5.91 Å². The van der Waals surface area contributed by atoms with E-state index in [-0.39, 0.29) is 41.3 Å². The number of hydrogen-bond donors (Lipinski definition) is 1. The van der Waals surface area contributed by atoms with Crippen LogP contribution in [0.1, 0.15) is 22.3 Å². The number of halogens is 4. The lowest BCUT2D eigenvalue weighted by atomic mass is 10.1. The highest BCUT2D eigenvalue weighted by molar-refractivity contribution is 6.33. The maximum Gasteiger partial charge on any atom is 0.422 e. The van der Waals surface area contributed by atoms with Gasteiger partial charge < -0.3 is 19.5 Å². The van der Waals surface area contributed by atoms with Crippen molar-refractivity contribution >= 4 is 17.5 Å². The van der Waals surface area contributed by atoms with Crippen LogP contribution >= 0.6 is 11.6 Å². The number of aryl methyl sites for hydroxylation is 1. The lowest BCUT2D eigenvalue weighted by Gasteiger charge is -2.21. The zero-order chi connectivity index (χ0) is 17.6. The predicted octanol–water partition coefficient (Wildman–Crippen LogP) is 2.56. The molecule has 1 aromatic rings. The molecule has 0 unspecified atom stereocenters. The van der Waals surface area contributed by atoms with Crippen LogP contribution in [0.3, 0.4) is 0 Å². The average molecular weight is 366 g/mol. The first kappa shape index (κ1) is 17.2. The number of amides is 1. The summed E-state index contributed by atoms with van der Waals surface area (Å²) in [7, 11) is 0. The smallest absolute Gasteiger partial charge is 0.422 e. The van der Waals surface area contributed by atoms with E-state index in [0.717, 1.165) is 0 Å². The van der Waals surface area contributed by atoms with Gasteiger partial charge in [-0.2, -0.15) is 13.2 Å². The van der Waals surface area contributed by atoms with Crippen molar-refractivity contribution in [3.8, 4) is 11.5 Å². The molecule has 1 fully saturated rings. The average Bonchev–Trinajstić information content (AvgIpc) is 2.80. The van der Waals surface area contributed by atoms with Crippen molar-refractivity contribution in [1.82, 2.24) is 4.90 Å². The first-order chi connectivity index (χ1) is 11.2. The van der Waals surface area contributed by atoms with Crippen molar-refractivity contribution in [2.75, 3.05) is 19.8 Å². The van der Waals surface area contributed by atoms with Crippen LogP contribution in [0.5, 0.6) is 11.5 Å². The quantitative estimate of drug-likeness (QED) is 0.875. The number of rotatable bonds is 2. The molecule has 1 aromatic carbocycles. The van der Waals surface area contributed by atoms with E-state index in [4.69, 9.17) is 21.1 Å². The summed E-state index contributed by atoms with van der Waals surface area (Å²) in [5.74, 6) is -0.748. The second kappa shape index (κ2) is 6.00. The summed E-state index contributed by atoms with van der Waals surface area (Å²) >= 11 is 6.08. The molecule has 3 rings (SSSR count). The zero-order valence-corrected chi connectivity index (χ0v) is 13.4. The van der Waals surface area contributed by atoms with E-state index in [9.17, 15) is 23.1 Å². The molecule has 0 aromatic heterocycles. The lowest BCUT2D eigenvalue weighted by molar-refractivity contribution is -0.153. The van der Waals surface area contributed by atoms with E-state index < -0.39 is 24.8 Å². The fourth-order valence-corrected chi connectivity index (χ4v) is 3.17. The zero-order valence-electron chi connectivity index (χ0n) is 12.7. The molecule has 1 saturated heterocycles. The largest absolute Gasteiger partial charge is 0.490 e. The maximum absolute atomic E-state index is 12.8. The predicted molar refractivity (Wildman–Crippen MR) is 78.7 cm³/mol. The van der Waals surface area contributed by atoms with Gasteiger partial charge in [-0.3, -0.25) is 4.79 Å². The van der Waals surface area contributed by atoms with Crippen molar-refractivity contribution in [2.24, 2.45) is 0 Å². The number of carbonyl (C=O) groups excluding carboxylic acids is 1. The summed E-state index contributed by atoms with van der Waals surface area (Å²) in [5, 5.41) is 9.68. The SMILES string of the molecule is Cc1cc2c(c(OCC(F)(F)F)c1Cl)C(=O)N1C[C@@H](O)C[C@@H]1CO2. The summed E-state index contributed by atoms with van der Waals surface area (Å²) in [5.41, 5.74) is 0.314. The van der Waals surface area contributed by atoms with Gasteiger partial charge in [0, 0.05) is 6.54 Å². The highest BCUT2D eigenvalue weighted by Crippen LogP contribution is 2.42. The van der Waals surface area contributed by atoms with Gasteiger partial charge in [-0.1, -0.05) is 11.6 Å². The first-order valence-corrected chi connectivity index (χ1v) is 7.69. The number of ether oxygens (including phenoxy) is 2. The third-order valence-electron chi connectivity index (χ3n) is 4.05. The second-order valence-corrected chi connectivity index (χ2v) is 6.30. The Morgan fingerprint density at radius 2 is 2.21 bits per heavy atom. The van der Waals surface area contributed by atoms with Crippen LogP contribution < -0.4 is 9.47 Å². The minimum absolute atomic E-state index is 0.0619. The number of hydrogen-bond acceptors (Lipinski definition) is 4. The summed E-state index contributed by atoms with van der Waals surface area (Å²) in [4.78, 5) is 14.2. The van der Waals surface area contributed by atoms with E-state index in [1.165, 1.54) is 11.0 Å². The first-order valence-electron chi connectivity index (χ1n) is 7.32. The van der Waals surface area contributed by atoms with Crippen LogP contribution in [0.2, 0.25) is 5.02 Å². The van der Waals surface area contributed by atoms with Crippen LogP contribution in [0.4, 0.5) is 13.2 Å². The Bertz CT molecular complexity index is 680. The third-order valence-corrected chi connectivity index (χ3v) is 4.51. The fraction of sp³-hybridized carbons (Fsp3) is 0.533. The Labute approximate surface area is 140 Å². The molecule has 9 heteroatoms. The molecular formula is C15H15ClF3NO4. The van der Waals surface area contributed by atoms with Crippen molar-refractivity contribution in [3.05, 3.63) is 22.2 Å². The Morgan fingerprint density at radius 3 is 2.88 bits per heavy atom. The second-order valence-electron chi connectivity index (χ2n) is 5.93. The normalized spacial score (nSPS) is 23.4. The number of aliphatic hydroxyl groups is 1. The van der Waals surface area contributed by atoms with Gasteiger partial charge in [0.1, 0.15) is 17.9 Å². The summed E-state index contributed by atoms with van der Waals surface area (Å²) in [6.45, 7) is 0.265. The summed E-state index contributed by atoms with van der Waals surface area (Å²) < 4.78 is 48.0. The van der Waals surface area contributed by atoms with Crippen molar-refractivity contribution in [3.63, 3.8) is 0 Å². The molecule has 0 spiro atoms. The Kier molecular flexibility index (Phi) is 4.29. The highest BCUT2D eigenvalue weighted by atomic mass is 35.5. The standard InChI is InChI=1S/C15H15ClF3NO4/c1-7-2-10-11(13(12(7)16)24-6-15(17,18)19)14(22)20-4-9(21)3-8(20)5-23-10/h2,8-9,21H,3-6H2,1H3/t8-,9+/m1/s1. The molecule has 2 aliphatic rings. The molecule has 2 heterocycles. The van der Waals surface area contributed by atoms with E-state index in [1.807, 2.05) is 0 Å². The number of carbonyl (C=O) groups is 1. The van der Waals surface area contributed by atoms with Crippen molar-refractivity contribution < 1.29 is 32.5 Å². The van der Waals surface area contributed by atoms with Crippen LogP contribution in [0.25, 0.3) is 0 Å². The van der Waals surface area contributed by atoms with Gasteiger partial charge in [-0.15, -0.1) is 0 Å². The summed E-state index contributed by atoms with van der Waals surface area (Å²) in [6.07, 6.45) is -4.91. The molecule has 24 heavy (non-hydrogen) atoms. The molecule has 0 radical (unpaired) electrons. The molecule has 0 saturated carbocycles. The molecular weight excluding hydrogens is 351 g/mol. The monoisotopic (exact) mass is 365 g/mol. The van der Waals surface area contributed by atoms with Gasteiger partial charge in [-0.25, -0.2) is 0 Å². The van der Waals surface area contributed by atoms with Crippen LogP contribution in [-0.4, -0.2) is 54.0 Å². The molecule has 0 bridgehead atoms. The van der Waals surface area contributed by atoms with Crippen LogP contribution in [0.15, 0.2) is 6.07 Å². The Balaban J connectivity index is 2.04. The molecule has 132 valence electrons. The van der Waals surface area contributed by atoms with Crippen molar-refractivity contribution in [1.29, 1.82) is 0 Å². The van der Waals surface area contributed by atoms with E-state index in [0.29, 0.717) is 12.0 Å². The molecule has 1 amide bonds. The number of benzene rings is 1. The van der Waals surface area contributed by atoms with Crippen molar-refractivity contribution in [2.45, 2.75) is 31.7 Å². The van der Waals surface area contributed by atoms with Gasteiger partial charge in [-0.05, 0) is 25.0 Å². The Morgan fingerprint density at radius 1 is 1.50 bits per heavy atom. The highest BCUT2D eigenvalue weighted by Gasteiger charge is 2.41. The number of alkyl halides is 3. The molecule has 5 nitrogen and oxygen atoms in total. The number of aliphatic hydroxyl groups excluding tert-OH is 1. The molecule has 1 N–H and O–H groups in total. The molecule has 2 atom stereocenters. The third kappa shape index (κ3) is 3.12. The van der Waals surface area contributed by atoms with Gasteiger partial charge in [0.2, 0.25) is 0 Å². The summed E-state index contributed by atoms with van der Waals surface area (Å²) in [6, 6.07) is 1.17. The fourth-order valence-electron chi connectivity index (χ4n) is 2.97. The Hall–Kier alpha value is -1.67. The lowest BCUT2D eigenvalue weighted by Crippen LogP contribution is -2.37. The van der Waals surface area contributed by atoms with E-state index in [2.05, 4.69) is 0 Å². The minimum atomic E-state index is -4.57. The van der Waals surface area contributed by atoms with Gasteiger partial charge in [0.15, 0.2) is 12.4 Å². The minimum Gasteiger partial charge on any atom is -0.490 e. The van der Waals surface area contributed by atoms with E-state index >= 15 is 0 Å². The van der Waals surface area contributed by atoms with Crippen LogP contribution in [0, 0.1) is 6.92 Å². The molecule has 2 aliphatic heterocycles. The topological polar surface area (TPSA) is 59.0 Å². The van der Waals surface area contributed by atoms with Crippen LogP contribution in [-0.2, 0) is 0 Å². The maximum atomic E-state index is 12.8. The van der Waals surface area contributed by atoms with Gasteiger partial charge >= 0.3 is 6.18 Å².